The molecule has 1 aliphatic rings. The van der Waals surface area contributed by atoms with Crippen molar-refractivity contribution in [2.45, 2.75) is 19.8 Å². The van der Waals surface area contributed by atoms with Gasteiger partial charge in [0.1, 0.15) is 0 Å². The van der Waals surface area contributed by atoms with E-state index in [-0.39, 0.29) is 0 Å². The normalized spacial score (nSPS) is 9.29. The van der Waals surface area contributed by atoms with Crippen LogP contribution in [0.4, 0.5) is 0 Å². The van der Waals surface area contributed by atoms with Gasteiger partial charge in [-0.3, -0.25) is 0 Å². The molecule has 0 unspecified atom stereocenters. The molecule has 3 rings (SSSR count). The summed E-state index contributed by atoms with van der Waals surface area (Å²) in [5.74, 6) is 0.605. The van der Waals surface area contributed by atoms with Crippen LogP contribution < -0.4 is 0 Å². The van der Waals surface area contributed by atoms with E-state index in [0.29, 0.717) is 5.92 Å². The molecule has 0 heterocycles. The number of fused-ring (bicyclic) bond motifs is 2. The van der Waals surface area contributed by atoms with Crippen LogP contribution >= 0.6 is 0 Å². The molecule has 2 aromatic rings. The van der Waals surface area contributed by atoms with Gasteiger partial charge in [-0.2, -0.15) is 0 Å². The van der Waals surface area contributed by atoms with Crippen LogP contribution in [0.2, 0.25) is 0 Å². The number of nitrogens with one attached hydrogen (secondary N) is 2. The van der Waals surface area contributed by atoms with E-state index in [1.165, 1.54) is 26.4 Å². The summed E-state index contributed by atoms with van der Waals surface area (Å²) in [7, 11) is 0. The molecule has 0 saturated carbocycles. The maximum atomic E-state index is 8.35. The van der Waals surface area contributed by atoms with Gasteiger partial charge in [-0.05, 0) is 32.4 Å². The van der Waals surface area contributed by atoms with Gasteiger partial charge in [-0.1, -0.05) is 56.3 Å². The Morgan fingerprint density at radius 3 is 1.81 bits per heavy atom. The van der Waals surface area contributed by atoms with E-state index in [0.717, 1.165) is 12.2 Å². The SMILES string of the molecule is CC(C)c1cccc2c1=c1ccccc1=2.N=C=O.N=C=O. The van der Waals surface area contributed by atoms with E-state index < -0.39 is 0 Å². The Hall–Kier alpha value is -2.80. The summed E-state index contributed by atoms with van der Waals surface area (Å²) in [4.78, 5) is 16.7. The van der Waals surface area contributed by atoms with Crippen molar-refractivity contribution in [3.05, 3.63) is 68.9 Å². The summed E-state index contributed by atoms with van der Waals surface area (Å²) in [6, 6.07) is 15.3. The molecule has 21 heavy (non-hydrogen) atoms. The second-order valence-electron chi connectivity index (χ2n) is 4.67. The topological polar surface area (TPSA) is 81.8 Å². The van der Waals surface area contributed by atoms with Crippen molar-refractivity contribution >= 4 is 12.2 Å². The quantitative estimate of drug-likeness (QED) is 0.528. The first-order valence-corrected chi connectivity index (χ1v) is 6.42. The Balaban J connectivity index is 0.000000321. The lowest BCUT2D eigenvalue weighted by molar-refractivity contribution is 0.562. The zero-order chi connectivity index (χ0) is 15.8. The molecule has 4 nitrogen and oxygen atoms in total. The van der Waals surface area contributed by atoms with Crippen molar-refractivity contribution in [3.63, 3.8) is 0 Å². The molecule has 0 spiro atoms. The van der Waals surface area contributed by atoms with Gasteiger partial charge in [-0.15, -0.1) is 0 Å². The van der Waals surface area contributed by atoms with Gasteiger partial charge in [0.25, 0.3) is 0 Å². The van der Waals surface area contributed by atoms with Crippen molar-refractivity contribution in [2.24, 2.45) is 0 Å². The first kappa shape index (κ1) is 16.3. The molecule has 0 atom stereocenters. The predicted octanol–water partition coefficient (Wildman–Crippen LogP) is 3.50. The minimum absolute atomic E-state index is 0.605. The van der Waals surface area contributed by atoms with Crippen molar-refractivity contribution in [3.8, 4) is 0 Å². The standard InChI is InChI=1S/C15H14.2CHNO/c1-10(2)11-8-5-9-14-12-6-3-4-7-13(12)15(11)14;2*2-1-3/h3-10H,1-2H3;2*2H. The lowest BCUT2D eigenvalue weighted by Crippen LogP contribution is -1.98. The molecular formula is C17H16N2O2. The number of hydrogen-bond donors (Lipinski definition) is 2. The minimum atomic E-state index is 0.605. The first-order valence-electron chi connectivity index (χ1n) is 6.42. The number of benzene rings is 2. The Morgan fingerprint density at radius 1 is 0.810 bits per heavy atom. The predicted molar refractivity (Wildman–Crippen MR) is 79.1 cm³/mol. The highest BCUT2D eigenvalue weighted by Gasteiger charge is 2.08. The Bertz CT molecular complexity index is 862. The van der Waals surface area contributed by atoms with Crippen LogP contribution in [0.1, 0.15) is 25.3 Å². The average Bonchev–Trinajstić information content (AvgIpc) is 2.45. The molecule has 106 valence electrons. The summed E-state index contributed by atoms with van der Waals surface area (Å²) in [5, 5.41) is 16.5. The maximum absolute atomic E-state index is 8.35. The molecule has 0 aromatic heterocycles. The summed E-state index contributed by atoms with van der Waals surface area (Å²) in [5.41, 5.74) is 1.48. The molecule has 0 fully saturated rings. The zero-order valence-electron chi connectivity index (χ0n) is 11.9. The number of carbonyl (C=O) groups excluding carboxylic acids is 2. The monoisotopic (exact) mass is 280 g/mol. The van der Waals surface area contributed by atoms with Gasteiger partial charge in [0.05, 0.1) is 0 Å². The van der Waals surface area contributed by atoms with E-state index in [4.69, 9.17) is 20.4 Å². The highest BCUT2D eigenvalue weighted by atomic mass is 16.1. The van der Waals surface area contributed by atoms with E-state index >= 15 is 0 Å². The van der Waals surface area contributed by atoms with Crippen LogP contribution in [0.5, 0.6) is 0 Å². The van der Waals surface area contributed by atoms with Gasteiger partial charge in [0.2, 0.25) is 12.2 Å². The molecule has 0 bridgehead atoms. The lowest BCUT2D eigenvalue weighted by Gasteiger charge is -2.12. The third-order valence-corrected chi connectivity index (χ3v) is 3.21. The van der Waals surface area contributed by atoms with Crippen molar-refractivity contribution in [2.75, 3.05) is 0 Å². The van der Waals surface area contributed by atoms with Crippen LogP contribution in [0.15, 0.2) is 42.5 Å². The summed E-state index contributed by atoms with van der Waals surface area (Å²) < 4.78 is 0. The smallest absolute Gasteiger partial charge is 0.222 e. The van der Waals surface area contributed by atoms with Crippen LogP contribution in [-0.4, -0.2) is 12.2 Å². The zero-order valence-corrected chi connectivity index (χ0v) is 11.9. The minimum Gasteiger partial charge on any atom is -0.222 e. The highest BCUT2D eigenvalue weighted by Crippen LogP contribution is 2.22. The Labute approximate surface area is 122 Å². The van der Waals surface area contributed by atoms with Gasteiger partial charge in [-0.25, -0.2) is 20.4 Å². The van der Waals surface area contributed by atoms with Crippen LogP contribution in [0, 0.1) is 31.7 Å². The van der Waals surface area contributed by atoms with Gasteiger partial charge in [0.15, 0.2) is 0 Å². The lowest BCUT2D eigenvalue weighted by atomic mass is 9.92. The van der Waals surface area contributed by atoms with Crippen LogP contribution in [0.25, 0.3) is 0 Å². The summed E-state index contributed by atoms with van der Waals surface area (Å²) >= 11 is 0. The van der Waals surface area contributed by atoms with E-state index in [1.54, 1.807) is 0 Å². The van der Waals surface area contributed by atoms with Crippen LogP contribution in [0.3, 0.4) is 0 Å². The molecule has 0 saturated heterocycles. The Kier molecular flexibility index (Phi) is 5.97. The highest BCUT2D eigenvalue weighted by molar-refractivity contribution is 5.35. The molecule has 2 N–H and O–H groups in total. The number of isocyanates is 2. The maximum Gasteiger partial charge on any atom is 0.231 e. The Morgan fingerprint density at radius 2 is 1.29 bits per heavy atom. The van der Waals surface area contributed by atoms with Crippen LogP contribution in [-0.2, 0) is 9.59 Å². The molecule has 2 aromatic carbocycles. The van der Waals surface area contributed by atoms with Crippen molar-refractivity contribution < 1.29 is 9.59 Å². The molecule has 1 aliphatic carbocycles. The van der Waals surface area contributed by atoms with Crippen molar-refractivity contribution in [1.29, 1.82) is 10.8 Å². The fraction of sp³-hybridized carbons (Fsp3) is 0.176. The second kappa shape index (κ2) is 7.71. The molecular weight excluding hydrogens is 264 g/mol. The summed E-state index contributed by atoms with van der Waals surface area (Å²) in [6.07, 6.45) is 1.50. The first-order chi connectivity index (χ1) is 10.1. The van der Waals surface area contributed by atoms with E-state index in [2.05, 4.69) is 56.3 Å². The van der Waals surface area contributed by atoms with Gasteiger partial charge in [0, 0.05) is 0 Å². The molecule has 0 aliphatic heterocycles. The van der Waals surface area contributed by atoms with Gasteiger partial charge < -0.3 is 0 Å². The third kappa shape index (κ3) is 3.40. The van der Waals surface area contributed by atoms with E-state index in [9.17, 15) is 0 Å². The molecule has 4 heteroatoms. The molecule has 0 amide bonds. The molecule has 0 radical (unpaired) electrons. The van der Waals surface area contributed by atoms with Gasteiger partial charge >= 0.3 is 0 Å². The fourth-order valence-corrected chi connectivity index (χ4v) is 2.45. The van der Waals surface area contributed by atoms with E-state index in [1.807, 2.05) is 0 Å². The largest absolute Gasteiger partial charge is 0.231 e. The second-order valence-corrected chi connectivity index (χ2v) is 4.67. The number of hydrogen-bond acceptors (Lipinski definition) is 4. The average molecular weight is 280 g/mol. The summed E-state index contributed by atoms with van der Waals surface area (Å²) in [6.45, 7) is 4.52. The third-order valence-electron chi connectivity index (χ3n) is 3.21. The fourth-order valence-electron chi connectivity index (χ4n) is 2.45. The number of rotatable bonds is 1. The van der Waals surface area contributed by atoms with Crippen molar-refractivity contribution in [1.82, 2.24) is 0 Å².